The van der Waals surface area contributed by atoms with E-state index in [2.05, 4.69) is 37.7 Å². The molecule has 0 spiro atoms. The Balaban J connectivity index is 2.85. The molecule has 0 unspecified atom stereocenters. The van der Waals surface area contributed by atoms with E-state index >= 15 is 0 Å². The third-order valence-electron chi connectivity index (χ3n) is 1.88. The number of aromatic nitrogens is 4. The number of nitrogens with zero attached hydrogens (tertiary/aromatic N) is 2. The molecule has 0 bridgehead atoms. The van der Waals surface area contributed by atoms with Gasteiger partial charge >= 0.3 is 5.69 Å². The minimum Gasteiger partial charge on any atom is -0.336 e. The van der Waals surface area contributed by atoms with Crippen LogP contribution in [0, 0.1) is 0 Å². The molecule has 0 saturated heterocycles. The molecular formula is C8H7BrN4O2. The minimum atomic E-state index is -0.552. The molecule has 2 aromatic heterocycles. The number of nitrogens with one attached hydrogen (secondary N) is 2. The van der Waals surface area contributed by atoms with Gasteiger partial charge in [0.1, 0.15) is 5.82 Å². The lowest BCUT2D eigenvalue weighted by molar-refractivity contribution is 1.03. The topological polar surface area (TPSA) is 83.5 Å². The largest absolute Gasteiger partial charge is 0.340 e. The summed E-state index contributed by atoms with van der Waals surface area (Å²) in [4.78, 5) is 31.6. The lowest BCUT2D eigenvalue weighted by atomic mass is 10.4. The fraction of sp³-hybridized carbons (Fsp3) is 0.125. The molecule has 0 fully saturated rings. The van der Waals surface area contributed by atoms with Gasteiger partial charge in [-0.1, -0.05) is 6.08 Å². The van der Waals surface area contributed by atoms with Gasteiger partial charge in [-0.25, -0.2) is 13.4 Å². The van der Waals surface area contributed by atoms with E-state index < -0.39 is 11.2 Å². The van der Waals surface area contributed by atoms with Crippen LogP contribution >= 0.6 is 16.1 Å². The molecular weight excluding hydrogens is 264 g/mol. The molecule has 7 heteroatoms. The zero-order chi connectivity index (χ0) is 11.0. The van der Waals surface area contributed by atoms with Crippen molar-refractivity contribution < 1.29 is 0 Å². The molecule has 0 aromatic carbocycles. The molecule has 15 heavy (non-hydrogen) atoms. The van der Waals surface area contributed by atoms with E-state index in [0.717, 1.165) is 3.59 Å². The zero-order valence-electron chi connectivity index (χ0n) is 7.58. The summed E-state index contributed by atoms with van der Waals surface area (Å²) in [6.45, 7) is 3.56. The highest BCUT2D eigenvalue weighted by Gasteiger charge is 2.10. The summed E-state index contributed by atoms with van der Waals surface area (Å²) in [6, 6.07) is 0. The van der Waals surface area contributed by atoms with Crippen LogP contribution in [0.15, 0.2) is 22.2 Å². The van der Waals surface area contributed by atoms with Gasteiger partial charge in [0.2, 0.25) is 0 Å². The molecule has 0 radical (unpaired) electrons. The minimum absolute atomic E-state index is 0.267. The summed E-state index contributed by atoms with van der Waals surface area (Å²) >= 11 is 3.01. The van der Waals surface area contributed by atoms with Crippen LogP contribution in [0.1, 0.15) is 5.82 Å². The van der Waals surface area contributed by atoms with Crippen molar-refractivity contribution in [2.75, 3.05) is 0 Å². The number of imidazole rings is 1. The van der Waals surface area contributed by atoms with E-state index in [-0.39, 0.29) is 11.2 Å². The van der Waals surface area contributed by atoms with E-state index in [1.54, 1.807) is 6.08 Å². The van der Waals surface area contributed by atoms with Crippen molar-refractivity contribution in [3.63, 3.8) is 0 Å². The summed E-state index contributed by atoms with van der Waals surface area (Å²) in [6.07, 6.45) is 2.16. The Morgan fingerprint density at radius 3 is 2.87 bits per heavy atom. The van der Waals surface area contributed by atoms with Crippen LogP contribution in [0.5, 0.6) is 0 Å². The van der Waals surface area contributed by atoms with Crippen LogP contribution in [0.4, 0.5) is 0 Å². The van der Waals surface area contributed by atoms with E-state index in [0.29, 0.717) is 12.2 Å². The average Bonchev–Trinajstić information content (AvgIpc) is 2.60. The Kier molecular flexibility index (Phi) is 2.31. The van der Waals surface area contributed by atoms with Crippen molar-refractivity contribution in [3.8, 4) is 0 Å². The Hall–Kier alpha value is -1.63. The SMILES string of the molecule is C=CCc1nc2c([nH]1)c(=O)[nH]c(=O)n2Br. The van der Waals surface area contributed by atoms with Crippen molar-refractivity contribution in [3.05, 3.63) is 39.3 Å². The Bertz CT molecular complexity index is 636. The second kappa shape index (κ2) is 3.50. The summed E-state index contributed by atoms with van der Waals surface area (Å²) in [5.41, 5.74) is -0.485. The van der Waals surface area contributed by atoms with Crippen LogP contribution in [0.3, 0.4) is 0 Å². The van der Waals surface area contributed by atoms with Gasteiger partial charge in [-0.2, -0.15) is 0 Å². The molecule has 2 heterocycles. The van der Waals surface area contributed by atoms with Crippen LogP contribution in [0.25, 0.3) is 11.2 Å². The second-order valence-electron chi connectivity index (χ2n) is 2.92. The van der Waals surface area contributed by atoms with Gasteiger partial charge in [0.15, 0.2) is 11.2 Å². The predicted molar refractivity (Wildman–Crippen MR) is 59.2 cm³/mol. The van der Waals surface area contributed by atoms with Crippen molar-refractivity contribution in [1.29, 1.82) is 0 Å². The summed E-state index contributed by atoms with van der Waals surface area (Å²) in [7, 11) is 0. The van der Waals surface area contributed by atoms with Crippen LogP contribution in [0.2, 0.25) is 0 Å². The lowest BCUT2D eigenvalue weighted by Gasteiger charge is -1.92. The Morgan fingerprint density at radius 2 is 2.20 bits per heavy atom. The Morgan fingerprint density at radius 1 is 1.47 bits per heavy atom. The number of halogens is 1. The molecule has 0 aliphatic rings. The monoisotopic (exact) mass is 270 g/mol. The normalized spacial score (nSPS) is 10.7. The fourth-order valence-electron chi connectivity index (χ4n) is 1.25. The zero-order valence-corrected chi connectivity index (χ0v) is 9.17. The van der Waals surface area contributed by atoms with E-state index in [1.807, 2.05) is 0 Å². The van der Waals surface area contributed by atoms with Crippen molar-refractivity contribution >= 4 is 27.3 Å². The van der Waals surface area contributed by atoms with Gasteiger partial charge in [0.05, 0.1) is 16.1 Å². The molecule has 0 amide bonds. The van der Waals surface area contributed by atoms with Crippen molar-refractivity contribution in [2.24, 2.45) is 0 Å². The first-order chi connectivity index (χ1) is 7.13. The van der Waals surface area contributed by atoms with Gasteiger partial charge in [-0.15, -0.1) is 6.58 Å². The highest BCUT2D eigenvalue weighted by atomic mass is 79.9. The van der Waals surface area contributed by atoms with Crippen LogP contribution in [-0.4, -0.2) is 18.5 Å². The molecule has 2 rings (SSSR count). The molecule has 0 aliphatic carbocycles. The molecule has 0 saturated carbocycles. The number of H-pyrrole nitrogens is 2. The van der Waals surface area contributed by atoms with E-state index in [9.17, 15) is 9.59 Å². The van der Waals surface area contributed by atoms with E-state index in [4.69, 9.17) is 0 Å². The quantitative estimate of drug-likeness (QED) is 0.770. The number of hydrogen-bond acceptors (Lipinski definition) is 3. The first kappa shape index (κ1) is 9.91. The third kappa shape index (κ3) is 1.54. The maximum Gasteiger partial charge on any atom is 0.340 e. The third-order valence-corrected chi connectivity index (χ3v) is 2.54. The van der Waals surface area contributed by atoms with Crippen LogP contribution < -0.4 is 11.2 Å². The van der Waals surface area contributed by atoms with E-state index in [1.165, 1.54) is 0 Å². The molecule has 0 atom stereocenters. The number of rotatable bonds is 2. The van der Waals surface area contributed by atoms with Crippen molar-refractivity contribution in [2.45, 2.75) is 6.42 Å². The summed E-state index contributed by atoms with van der Waals surface area (Å²) in [5, 5.41) is 0. The second-order valence-corrected chi connectivity index (χ2v) is 3.62. The van der Waals surface area contributed by atoms with Crippen molar-refractivity contribution in [1.82, 2.24) is 18.5 Å². The number of fused-ring (bicyclic) bond motifs is 1. The molecule has 78 valence electrons. The standard InChI is InChI=1S/C8H7BrN4O2/c1-2-3-4-10-5-6(11-4)13(9)8(15)12-7(5)14/h2H,1,3H2,(H,10,11)(H,12,14,15). The highest BCUT2D eigenvalue weighted by molar-refractivity contribution is 9.08. The number of aromatic amines is 2. The molecule has 2 aromatic rings. The molecule has 2 N–H and O–H groups in total. The number of allylic oxidation sites excluding steroid dienone is 1. The fourth-order valence-corrected chi connectivity index (χ4v) is 1.60. The van der Waals surface area contributed by atoms with Crippen LogP contribution in [-0.2, 0) is 6.42 Å². The molecule has 0 aliphatic heterocycles. The van der Waals surface area contributed by atoms with Gasteiger partial charge in [0.25, 0.3) is 5.56 Å². The first-order valence-corrected chi connectivity index (χ1v) is 4.85. The predicted octanol–water partition coefficient (Wildman–Crippen LogP) is 0.299. The maximum atomic E-state index is 11.4. The van der Waals surface area contributed by atoms with Gasteiger partial charge < -0.3 is 4.98 Å². The van der Waals surface area contributed by atoms with Gasteiger partial charge in [0, 0.05) is 6.42 Å². The number of hydrogen-bond donors (Lipinski definition) is 2. The smallest absolute Gasteiger partial charge is 0.336 e. The average molecular weight is 271 g/mol. The molecule has 6 nitrogen and oxygen atoms in total. The Labute approximate surface area is 92.0 Å². The first-order valence-electron chi connectivity index (χ1n) is 4.14. The summed E-state index contributed by atoms with van der Waals surface area (Å²) < 4.78 is 1.10. The highest BCUT2D eigenvalue weighted by Crippen LogP contribution is 2.06. The maximum absolute atomic E-state index is 11.4. The van der Waals surface area contributed by atoms with Gasteiger partial charge in [-0.05, 0) is 0 Å². The summed E-state index contributed by atoms with van der Waals surface area (Å²) in [5.74, 6) is 0.587. The lowest BCUT2D eigenvalue weighted by Crippen LogP contribution is -2.25. The van der Waals surface area contributed by atoms with Gasteiger partial charge in [-0.3, -0.25) is 9.78 Å².